The average molecular weight is 768 g/mol. The van der Waals surface area contributed by atoms with E-state index in [0.717, 1.165) is 58.8 Å². The predicted octanol–water partition coefficient (Wildman–Crippen LogP) is 6.48. The maximum atomic E-state index is 10.4. The van der Waals surface area contributed by atoms with E-state index in [4.69, 9.17) is 14.6 Å². The fraction of sp³-hybridized carbons (Fsp3) is 0.816. The highest BCUT2D eigenvalue weighted by Crippen LogP contribution is 2.36. The van der Waals surface area contributed by atoms with E-state index in [1.807, 2.05) is 66.7 Å². The molecule has 0 bridgehead atoms. The lowest BCUT2D eigenvalue weighted by molar-refractivity contribution is -0.293. The Morgan fingerprint density at radius 1 is 0.745 bits per heavy atom. The fourth-order valence-corrected chi connectivity index (χ4v) is 8.19. The van der Waals surface area contributed by atoms with Crippen LogP contribution in [0.25, 0.3) is 0 Å². The summed E-state index contributed by atoms with van der Waals surface area (Å²) in [5.74, 6) is 2.18. The van der Waals surface area contributed by atoms with Gasteiger partial charge in [-0.25, -0.2) is 16.8 Å². The van der Waals surface area contributed by atoms with E-state index in [-0.39, 0.29) is 24.2 Å². The Labute approximate surface area is 311 Å². The third-order valence-corrected chi connectivity index (χ3v) is 11.9. The quantitative estimate of drug-likeness (QED) is 0.268. The normalized spacial score (nSPS) is 27.8. The maximum Gasteiger partial charge on any atom is 0.308 e. The summed E-state index contributed by atoms with van der Waals surface area (Å²) in [6.45, 7) is 20.4. The number of aliphatic hydroxyl groups is 2. The Balaban J connectivity index is 0. The van der Waals surface area contributed by atoms with E-state index in [0.29, 0.717) is 41.5 Å². The molecule has 3 N–H and O–H groups in total. The predicted molar refractivity (Wildman–Crippen MR) is 208 cm³/mol. The average Bonchev–Trinajstić information content (AvgIpc) is 3.81. The second kappa shape index (κ2) is 28.8. The van der Waals surface area contributed by atoms with Gasteiger partial charge >= 0.3 is 5.97 Å². The van der Waals surface area contributed by atoms with Gasteiger partial charge in [0.1, 0.15) is 25.9 Å². The van der Waals surface area contributed by atoms with Crippen molar-refractivity contribution in [2.24, 2.45) is 17.8 Å². The number of benzene rings is 1. The number of carbonyl (C=O) groups excluding carboxylic acids is 1. The number of aliphatic hydroxyl groups excluding tert-OH is 2. The van der Waals surface area contributed by atoms with Crippen LogP contribution in [0.3, 0.4) is 0 Å². The number of ether oxygens (including phenoxy) is 3. The number of sulfone groups is 2. The van der Waals surface area contributed by atoms with Gasteiger partial charge in [-0.05, 0) is 76.8 Å². The van der Waals surface area contributed by atoms with Gasteiger partial charge in [-0.3, -0.25) is 10.1 Å². The van der Waals surface area contributed by atoms with E-state index < -0.39 is 25.5 Å². The van der Waals surface area contributed by atoms with Crippen molar-refractivity contribution >= 4 is 25.6 Å². The standard InChI is InChI=1S/C13H18O2.C7H15NO.C5H8O2.2C4H8O2S.2C2H6.CH4O/c1-10-9-14-13(2,3)15-12(10)11-7-5-4-6-8-11;1-6-4-2-3-5-8-7(6)9;1-4-2-3-7-5(4)6;2*5-7(6)3-1-2-4-7;3*1-2/h4-8,10,12H,9H2,1-3H3;6-9H,2-5H2,1H3;4H,2-3H2,1H3;2*1-4H2;2*1-2H3;2H,1H3. The van der Waals surface area contributed by atoms with Crippen molar-refractivity contribution in [3.05, 3.63) is 35.9 Å². The van der Waals surface area contributed by atoms with Crippen LogP contribution in [-0.2, 0) is 38.7 Å². The Kier molecular flexibility index (Phi) is 29.1. The molecular formula is C38H73NO10S2. The zero-order chi connectivity index (χ0) is 39.5. The van der Waals surface area contributed by atoms with E-state index in [9.17, 15) is 26.7 Å². The van der Waals surface area contributed by atoms with Crippen molar-refractivity contribution in [1.82, 2.24) is 5.32 Å². The lowest BCUT2D eigenvalue weighted by Crippen LogP contribution is -2.40. The largest absolute Gasteiger partial charge is 0.465 e. The minimum atomic E-state index is -2.55. The minimum Gasteiger partial charge on any atom is -0.465 e. The summed E-state index contributed by atoms with van der Waals surface area (Å²) < 4.78 is 57.9. The second-order valence-electron chi connectivity index (χ2n) is 13.1. The van der Waals surface area contributed by atoms with Crippen LogP contribution in [0.15, 0.2) is 30.3 Å². The van der Waals surface area contributed by atoms with Gasteiger partial charge in [0.15, 0.2) is 5.79 Å². The molecule has 0 aliphatic carbocycles. The molecule has 302 valence electrons. The van der Waals surface area contributed by atoms with Gasteiger partial charge in [0, 0.05) is 13.0 Å². The van der Waals surface area contributed by atoms with Gasteiger partial charge < -0.3 is 24.4 Å². The Morgan fingerprint density at radius 2 is 1.24 bits per heavy atom. The first kappa shape index (κ1) is 51.5. The molecule has 0 amide bonds. The van der Waals surface area contributed by atoms with Crippen LogP contribution in [-0.4, -0.2) is 94.9 Å². The van der Waals surface area contributed by atoms with Gasteiger partial charge in [0.05, 0.1) is 48.2 Å². The summed E-state index contributed by atoms with van der Waals surface area (Å²) in [4.78, 5) is 10.4. The molecule has 13 heteroatoms. The molecule has 0 radical (unpaired) electrons. The first-order valence-corrected chi connectivity index (χ1v) is 22.6. The molecular weight excluding hydrogens is 695 g/mol. The molecule has 5 heterocycles. The molecule has 51 heavy (non-hydrogen) atoms. The van der Waals surface area contributed by atoms with Crippen LogP contribution in [0.1, 0.15) is 125 Å². The smallest absolute Gasteiger partial charge is 0.308 e. The van der Waals surface area contributed by atoms with Gasteiger partial charge in [-0.15, -0.1) is 0 Å². The number of cyclic esters (lactones) is 1. The van der Waals surface area contributed by atoms with Crippen LogP contribution >= 0.6 is 0 Å². The Bertz CT molecular complexity index is 1140. The monoisotopic (exact) mass is 767 g/mol. The molecule has 0 saturated carbocycles. The van der Waals surface area contributed by atoms with Gasteiger partial charge in [0.2, 0.25) is 0 Å². The fourth-order valence-electron chi connectivity index (χ4n) is 5.20. The van der Waals surface area contributed by atoms with Crippen LogP contribution < -0.4 is 5.32 Å². The molecule has 1 aromatic rings. The number of hydrogen-bond donors (Lipinski definition) is 3. The zero-order valence-electron chi connectivity index (χ0n) is 33.4. The van der Waals surface area contributed by atoms with Crippen LogP contribution in [0, 0.1) is 17.8 Å². The van der Waals surface area contributed by atoms with Crippen molar-refractivity contribution in [2.75, 3.05) is 49.9 Å². The summed E-state index contributed by atoms with van der Waals surface area (Å²) in [7, 11) is -4.09. The zero-order valence-corrected chi connectivity index (χ0v) is 35.0. The molecule has 5 atom stereocenters. The summed E-state index contributed by atoms with van der Waals surface area (Å²) >= 11 is 0. The summed E-state index contributed by atoms with van der Waals surface area (Å²) in [6.07, 6.45) is 7.93. The van der Waals surface area contributed by atoms with Gasteiger partial charge in [0.25, 0.3) is 0 Å². The number of esters is 1. The lowest BCUT2D eigenvalue weighted by Gasteiger charge is -2.40. The molecule has 5 aliphatic rings. The van der Waals surface area contributed by atoms with Crippen LogP contribution in [0.4, 0.5) is 0 Å². The highest BCUT2D eigenvalue weighted by molar-refractivity contribution is 7.91. The van der Waals surface area contributed by atoms with Gasteiger partial charge in [-0.2, -0.15) is 0 Å². The molecule has 5 unspecified atom stereocenters. The highest BCUT2D eigenvalue weighted by atomic mass is 32.2. The summed E-state index contributed by atoms with van der Waals surface area (Å²) in [5.41, 5.74) is 1.24. The molecule has 0 spiro atoms. The van der Waals surface area contributed by atoms with Gasteiger partial charge in [-0.1, -0.05) is 85.2 Å². The third kappa shape index (κ3) is 24.4. The van der Waals surface area contributed by atoms with Crippen molar-refractivity contribution in [3.8, 4) is 0 Å². The van der Waals surface area contributed by atoms with Crippen molar-refractivity contribution < 1.29 is 46.1 Å². The first-order chi connectivity index (χ1) is 24.1. The maximum absolute atomic E-state index is 10.4. The molecule has 1 aromatic carbocycles. The van der Waals surface area contributed by atoms with E-state index in [1.165, 1.54) is 18.4 Å². The van der Waals surface area contributed by atoms with Crippen molar-refractivity contribution in [1.29, 1.82) is 0 Å². The third-order valence-electron chi connectivity index (χ3n) is 8.25. The number of nitrogens with one attached hydrogen (secondary N) is 1. The first-order valence-electron chi connectivity index (χ1n) is 18.9. The number of carbonyl (C=O) groups is 1. The summed E-state index contributed by atoms with van der Waals surface area (Å²) in [5, 5.41) is 19.3. The van der Waals surface area contributed by atoms with Crippen molar-refractivity contribution in [2.45, 2.75) is 132 Å². The van der Waals surface area contributed by atoms with E-state index in [1.54, 1.807) is 0 Å². The molecule has 5 fully saturated rings. The topological polar surface area (TPSA) is 166 Å². The molecule has 6 rings (SSSR count). The Hall–Kier alpha value is -1.61. The molecule has 5 aliphatic heterocycles. The second-order valence-corrected chi connectivity index (χ2v) is 17.7. The van der Waals surface area contributed by atoms with Crippen molar-refractivity contribution in [3.63, 3.8) is 0 Å². The summed E-state index contributed by atoms with van der Waals surface area (Å²) in [6, 6.07) is 10.4. The van der Waals surface area contributed by atoms with Crippen LogP contribution in [0.2, 0.25) is 0 Å². The van der Waals surface area contributed by atoms with Crippen LogP contribution in [0.5, 0.6) is 0 Å². The molecule has 11 nitrogen and oxygen atoms in total. The molecule has 0 aromatic heterocycles. The lowest BCUT2D eigenvalue weighted by atomic mass is 9.96. The van der Waals surface area contributed by atoms with E-state index in [2.05, 4.69) is 36.0 Å². The minimum absolute atomic E-state index is 0.0417. The number of hydrogen-bond acceptors (Lipinski definition) is 11. The highest BCUT2D eigenvalue weighted by Gasteiger charge is 2.34. The molecule has 5 saturated heterocycles. The SMILES string of the molecule is CC.CC.CC1CCCCNC1O.CC1CCOC1=O.CC1COC(C)(C)OC1c1ccccc1.CO.O=S1(=O)CCCC1.O=S1(=O)CCCC1. The Morgan fingerprint density at radius 3 is 1.61 bits per heavy atom. The van der Waals surface area contributed by atoms with E-state index >= 15 is 0 Å². The number of rotatable bonds is 1.